The Kier molecular flexibility index (Phi) is 7.21. The van der Waals surface area contributed by atoms with E-state index in [1.54, 1.807) is 0 Å². The second kappa shape index (κ2) is 10.5. The lowest BCUT2D eigenvalue weighted by molar-refractivity contribution is -0.140. The molecule has 1 fully saturated rings. The number of halogens is 4. The lowest BCUT2D eigenvalue weighted by Crippen LogP contribution is -2.34. The lowest BCUT2D eigenvalue weighted by atomic mass is 9.99. The number of anilines is 1. The van der Waals surface area contributed by atoms with Crippen molar-refractivity contribution in [1.82, 2.24) is 29.6 Å². The predicted molar refractivity (Wildman–Crippen MR) is 145 cm³/mol. The summed E-state index contributed by atoms with van der Waals surface area (Å²) in [6, 6.07) is 7.09. The van der Waals surface area contributed by atoms with Gasteiger partial charge in [-0.1, -0.05) is 23.7 Å². The van der Waals surface area contributed by atoms with E-state index in [-0.39, 0.29) is 51.3 Å². The van der Waals surface area contributed by atoms with Gasteiger partial charge in [-0.3, -0.25) is 9.59 Å². The highest BCUT2D eigenvalue weighted by atomic mass is 35.5. The van der Waals surface area contributed by atoms with Crippen molar-refractivity contribution < 1.29 is 22.8 Å². The van der Waals surface area contributed by atoms with Crippen LogP contribution >= 0.6 is 11.6 Å². The first-order valence-electron chi connectivity index (χ1n) is 12.5. The molecule has 15 heteroatoms. The number of carbonyl (C=O) groups excluding carboxylic acids is 2. The molecule has 1 aromatic carbocycles. The normalized spacial score (nSPS) is 17.1. The van der Waals surface area contributed by atoms with Crippen LogP contribution in [0, 0.1) is 0 Å². The number of rotatable bonds is 6. The highest BCUT2D eigenvalue weighted by Gasteiger charge is 2.40. The van der Waals surface area contributed by atoms with Gasteiger partial charge in [0.25, 0.3) is 11.8 Å². The first-order valence-corrected chi connectivity index (χ1v) is 12.8. The van der Waals surface area contributed by atoms with Gasteiger partial charge in [-0.25, -0.2) is 14.6 Å². The third kappa shape index (κ3) is 5.35. The number of nitrogens with one attached hydrogen (secondary N) is 1. The number of imidazole rings is 1. The van der Waals surface area contributed by atoms with Crippen LogP contribution in [-0.2, 0) is 13.2 Å². The molecule has 2 atom stereocenters. The number of nitrogen functional groups attached to an aromatic ring is 1. The summed E-state index contributed by atoms with van der Waals surface area (Å²) in [5.41, 5.74) is 15.6. The molecule has 4 aromatic rings. The maximum atomic E-state index is 14.4. The summed E-state index contributed by atoms with van der Waals surface area (Å²) in [7, 11) is 1.34. The molecule has 0 radical (unpaired) electrons. The fraction of sp³-hybridized carbons (Fsp3) is 0.269. The quantitative estimate of drug-likeness (QED) is 0.268. The lowest BCUT2D eigenvalue weighted by Gasteiger charge is -2.16. The number of nitrogens with zero attached hydrogens (tertiary/aromatic N) is 5. The molecule has 0 spiro atoms. The Morgan fingerprint density at radius 2 is 1.90 bits per heavy atom. The van der Waals surface area contributed by atoms with Gasteiger partial charge >= 0.3 is 6.18 Å². The number of aromatic nitrogens is 5. The minimum atomic E-state index is -4.92. The van der Waals surface area contributed by atoms with Crippen LogP contribution in [0.1, 0.15) is 45.9 Å². The Bertz CT molecular complexity index is 1650. The molecule has 0 aliphatic heterocycles. The van der Waals surface area contributed by atoms with Gasteiger partial charge in [0, 0.05) is 30.9 Å². The highest BCUT2D eigenvalue weighted by Crippen LogP contribution is 2.42. The molecule has 5 rings (SSSR count). The van der Waals surface area contributed by atoms with Crippen LogP contribution in [0.15, 0.2) is 42.7 Å². The average Bonchev–Trinajstić information content (AvgIpc) is 3.60. The summed E-state index contributed by atoms with van der Waals surface area (Å²) >= 11 is 6.47. The summed E-state index contributed by atoms with van der Waals surface area (Å²) in [5.74, 6) is -1.82. The van der Waals surface area contributed by atoms with E-state index in [9.17, 15) is 22.8 Å². The van der Waals surface area contributed by atoms with Crippen molar-refractivity contribution in [3.63, 3.8) is 0 Å². The zero-order valence-electron chi connectivity index (χ0n) is 21.6. The number of nitrogens with two attached hydrogens (primary N) is 3. The molecule has 214 valence electrons. The Hall–Kier alpha value is -4.43. The molecular formula is C26H25ClF3N9O2. The summed E-state index contributed by atoms with van der Waals surface area (Å²) in [5, 5.41) is 6.69. The second-order valence-electron chi connectivity index (χ2n) is 9.75. The van der Waals surface area contributed by atoms with Gasteiger partial charge in [-0.15, -0.1) is 0 Å². The van der Waals surface area contributed by atoms with E-state index in [0.717, 1.165) is 21.9 Å². The monoisotopic (exact) mass is 587 g/mol. The fourth-order valence-corrected chi connectivity index (χ4v) is 5.24. The van der Waals surface area contributed by atoms with Crippen LogP contribution in [0.2, 0.25) is 5.02 Å². The van der Waals surface area contributed by atoms with E-state index in [1.807, 2.05) is 0 Å². The van der Waals surface area contributed by atoms with Crippen molar-refractivity contribution in [1.29, 1.82) is 0 Å². The van der Waals surface area contributed by atoms with Crippen LogP contribution in [0.5, 0.6) is 0 Å². The number of alkyl halides is 3. The van der Waals surface area contributed by atoms with Crippen molar-refractivity contribution >= 4 is 29.1 Å². The summed E-state index contributed by atoms with van der Waals surface area (Å²) in [6.45, 7) is 0. The summed E-state index contributed by atoms with van der Waals surface area (Å²) in [6.07, 6.45) is -0.561. The zero-order valence-corrected chi connectivity index (χ0v) is 22.4. The molecule has 11 nitrogen and oxygen atoms in total. The van der Waals surface area contributed by atoms with Crippen molar-refractivity contribution in [3.05, 3.63) is 64.8 Å². The van der Waals surface area contributed by atoms with Crippen LogP contribution in [0.4, 0.5) is 18.9 Å². The first-order chi connectivity index (χ1) is 19.3. The van der Waals surface area contributed by atoms with E-state index >= 15 is 0 Å². The number of amides is 2. The standard InChI is InChI=1S/C26H25ClF3N9O2/c1-38-21(16-11-39(37-22(16)26(28,29)30)18-8-6-13(32)10-34-18)20(36-24(38)23(33)40)15-3-2-4-17(27)19(15)25(41)35-14-7-5-12(31)9-14/h2-4,6,8,10-12,14H,5,7,9,31-32H2,1H3,(H2,33,40)(H,35,41)/t12-,14-/m0/s1. The van der Waals surface area contributed by atoms with Crippen LogP contribution in [0.3, 0.4) is 0 Å². The number of benzene rings is 1. The third-order valence-corrected chi connectivity index (χ3v) is 7.18. The topological polar surface area (TPSA) is 173 Å². The molecule has 7 N–H and O–H groups in total. The number of pyridine rings is 1. The minimum Gasteiger partial charge on any atom is -0.397 e. The summed E-state index contributed by atoms with van der Waals surface area (Å²) < 4.78 is 45.1. The Morgan fingerprint density at radius 3 is 2.51 bits per heavy atom. The van der Waals surface area contributed by atoms with E-state index in [4.69, 9.17) is 28.8 Å². The maximum absolute atomic E-state index is 14.4. The molecule has 0 bridgehead atoms. The van der Waals surface area contributed by atoms with Gasteiger partial charge in [0.15, 0.2) is 17.3 Å². The minimum absolute atomic E-state index is 0.0221. The average molecular weight is 588 g/mol. The summed E-state index contributed by atoms with van der Waals surface area (Å²) in [4.78, 5) is 34.1. The Balaban J connectivity index is 1.72. The van der Waals surface area contributed by atoms with Crippen LogP contribution in [-0.4, -0.2) is 48.2 Å². The Morgan fingerprint density at radius 1 is 1.15 bits per heavy atom. The van der Waals surface area contributed by atoms with E-state index in [0.29, 0.717) is 18.5 Å². The number of hydrogen-bond acceptors (Lipinski definition) is 7. The molecule has 3 aromatic heterocycles. The fourth-order valence-electron chi connectivity index (χ4n) is 4.98. The van der Waals surface area contributed by atoms with Gasteiger partial charge in [0.05, 0.1) is 39.4 Å². The molecule has 41 heavy (non-hydrogen) atoms. The number of hydrogen-bond donors (Lipinski definition) is 4. The van der Waals surface area contributed by atoms with Gasteiger partial charge in [0.2, 0.25) is 0 Å². The van der Waals surface area contributed by atoms with Gasteiger partial charge in [-0.2, -0.15) is 18.3 Å². The van der Waals surface area contributed by atoms with E-state index < -0.39 is 29.2 Å². The van der Waals surface area contributed by atoms with Crippen molar-refractivity contribution in [3.8, 4) is 28.3 Å². The smallest absolute Gasteiger partial charge is 0.397 e. The SMILES string of the molecule is Cn1c(C(N)=O)nc(-c2cccc(Cl)c2C(=O)N[C@H]2CC[C@H](N)C2)c1-c1cn(-c2ccc(N)cn2)nc1C(F)(F)F. The molecule has 1 aliphatic carbocycles. The van der Waals surface area contributed by atoms with Gasteiger partial charge < -0.3 is 27.1 Å². The molecule has 3 heterocycles. The molecule has 1 aliphatic rings. The maximum Gasteiger partial charge on any atom is 0.435 e. The van der Waals surface area contributed by atoms with Crippen molar-refractivity contribution in [2.45, 2.75) is 37.5 Å². The van der Waals surface area contributed by atoms with E-state index in [2.05, 4.69) is 20.4 Å². The largest absolute Gasteiger partial charge is 0.435 e. The third-order valence-electron chi connectivity index (χ3n) is 6.86. The zero-order chi connectivity index (χ0) is 29.6. The Labute approximate surface area is 236 Å². The van der Waals surface area contributed by atoms with Gasteiger partial charge in [0.1, 0.15) is 0 Å². The predicted octanol–water partition coefficient (Wildman–Crippen LogP) is 3.30. The van der Waals surface area contributed by atoms with Crippen LogP contribution in [0.25, 0.3) is 28.3 Å². The number of primary amides is 1. The highest BCUT2D eigenvalue weighted by molar-refractivity contribution is 6.34. The molecule has 0 unspecified atom stereocenters. The second-order valence-corrected chi connectivity index (χ2v) is 10.2. The van der Waals surface area contributed by atoms with Gasteiger partial charge in [-0.05, 0) is 37.5 Å². The molecular weight excluding hydrogens is 563 g/mol. The number of carbonyl (C=O) groups is 2. The van der Waals surface area contributed by atoms with E-state index in [1.165, 1.54) is 43.6 Å². The first kappa shape index (κ1) is 28.1. The molecule has 1 saturated carbocycles. The molecule has 2 amide bonds. The van der Waals surface area contributed by atoms with Crippen LogP contribution < -0.4 is 22.5 Å². The van der Waals surface area contributed by atoms with Crippen molar-refractivity contribution in [2.24, 2.45) is 18.5 Å². The molecule has 0 saturated heterocycles. The van der Waals surface area contributed by atoms with Crippen molar-refractivity contribution in [2.75, 3.05) is 5.73 Å².